The van der Waals surface area contributed by atoms with E-state index in [0.717, 1.165) is 22.3 Å². The molecule has 0 saturated heterocycles. The average molecular weight is 432 g/mol. The van der Waals surface area contributed by atoms with Gasteiger partial charge in [0.15, 0.2) is 0 Å². The largest absolute Gasteiger partial charge is 0.480 e. The molecule has 2 amide bonds. The number of carboxylic acids is 1. The highest BCUT2D eigenvalue weighted by Crippen LogP contribution is 2.44. The zero-order valence-electron chi connectivity index (χ0n) is 17.0. The lowest BCUT2D eigenvalue weighted by atomic mass is 9.98. The number of ether oxygens (including phenoxy) is 1. The number of carboxylic acid groups (broad SMARTS) is 1. The maximum atomic E-state index is 12.5. The van der Waals surface area contributed by atoms with E-state index in [4.69, 9.17) is 9.15 Å². The van der Waals surface area contributed by atoms with Gasteiger partial charge >= 0.3 is 12.1 Å². The molecule has 1 saturated carbocycles. The number of amides is 2. The molecule has 162 valence electrons. The molecule has 1 aromatic heterocycles. The summed E-state index contributed by atoms with van der Waals surface area (Å²) < 4.78 is 10.7. The molecule has 1 heterocycles. The van der Waals surface area contributed by atoms with Gasteiger partial charge in [0.25, 0.3) is 5.91 Å². The lowest BCUT2D eigenvalue weighted by molar-refractivity contribution is -0.140. The fourth-order valence-corrected chi connectivity index (χ4v) is 4.12. The van der Waals surface area contributed by atoms with E-state index in [1.165, 1.54) is 12.3 Å². The molecule has 0 unspecified atom stereocenters. The molecule has 0 atom stereocenters. The molecule has 0 aliphatic heterocycles. The second-order valence-corrected chi connectivity index (χ2v) is 7.96. The topological polar surface area (TPSA) is 118 Å². The fraction of sp³-hybridized carbons (Fsp3) is 0.208. The van der Waals surface area contributed by atoms with Crippen molar-refractivity contribution in [2.24, 2.45) is 0 Å². The van der Waals surface area contributed by atoms with Crippen LogP contribution in [0.3, 0.4) is 0 Å². The van der Waals surface area contributed by atoms with Crippen molar-refractivity contribution in [1.82, 2.24) is 5.32 Å². The highest BCUT2D eigenvalue weighted by atomic mass is 16.5. The Morgan fingerprint density at radius 1 is 1.00 bits per heavy atom. The summed E-state index contributed by atoms with van der Waals surface area (Å²) in [6.07, 6.45) is 1.21. The summed E-state index contributed by atoms with van der Waals surface area (Å²) >= 11 is 0. The number of anilines is 1. The zero-order valence-corrected chi connectivity index (χ0v) is 17.0. The molecule has 5 rings (SSSR count). The first-order chi connectivity index (χ1) is 15.5. The molecule has 2 aliphatic rings. The van der Waals surface area contributed by atoms with Crippen LogP contribution in [0.15, 0.2) is 65.3 Å². The number of fused-ring (bicyclic) bond motifs is 3. The van der Waals surface area contributed by atoms with Crippen molar-refractivity contribution in [2.45, 2.75) is 24.3 Å². The van der Waals surface area contributed by atoms with Gasteiger partial charge in [0.2, 0.25) is 5.76 Å². The Bertz CT molecular complexity index is 1180. The Morgan fingerprint density at radius 2 is 1.62 bits per heavy atom. The van der Waals surface area contributed by atoms with Crippen LogP contribution in [0.4, 0.5) is 10.5 Å². The van der Waals surface area contributed by atoms with E-state index < -0.39 is 23.5 Å². The van der Waals surface area contributed by atoms with Gasteiger partial charge in [0.1, 0.15) is 12.1 Å². The van der Waals surface area contributed by atoms with E-state index in [0.29, 0.717) is 12.8 Å². The van der Waals surface area contributed by atoms with Gasteiger partial charge in [-0.05, 0) is 35.1 Å². The standard InChI is InChI=1S/C24H20N2O6/c27-21(26-24(10-11-24)22(28)29)20-19(9-12-31-20)25-23(30)32-13-18-16-7-3-1-5-14(16)15-6-2-4-8-17(15)18/h1-9,12,18H,10-11,13H2,(H,25,30)(H,26,27)(H,28,29). The number of hydrogen-bond acceptors (Lipinski definition) is 5. The van der Waals surface area contributed by atoms with E-state index in [1.807, 2.05) is 48.5 Å². The first-order valence-corrected chi connectivity index (χ1v) is 10.2. The molecule has 3 aromatic rings. The van der Waals surface area contributed by atoms with Gasteiger partial charge in [-0.15, -0.1) is 0 Å². The smallest absolute Gasteiger partial charge is 0.411 e. The van der Waals surface area contributed by atoms with Crippen LogP contribution in [0.2, 0.25) is 0 Å². The highest BCUT2D eigenvalue weighted by molar-refractivity contribution is 6.03. The number of aliphatic carboxylic acids is 1. The van der Waals surface area contributed by atoms with Gasteiger partial charge in [0, 0.05) is 12.0 Å². The van der Waals surface area contributed by atoms with Crippen LogP contribution in [0.25, 0.3) is 11.1 Å². The monoisotopic (exact) mass is 432 g/mol. The Labute approximate surface area is 183 Å². The Hall–Kier alpha value is -4.07. The van der Waals surface area contributed by atoms with Crippen LogP contribution in [0.5, 0.6) is 0 Å². The molecule has 2 aromatic carbocycles. The summed E-state index contributed by atoms with van der Waals surface area (Å²) in [6.45, 7) is 0.126. The molecule has 32 heavy (non-hydrogen) atoms. The summed E-state index contributed by atoms with van der Waals surface area (Å²) in [7, 11) is 0. The number of carbonyl (C=O) groups is 3. The maximum Gasteiger partial charge on any atom is 0.411 e. The normalized spacial score (nSPS) is 15.4. The third-order valence-corrected chi connectivity index (χ3v) is 5.96. The van der Waals surface area contributed by atoms with Crippen molar-refractivity contribution in [2.75, 3.05) is 11.9 Å². The van der Waals surface area contributed by atoms with Crippen molar-refractivity contribution in [3.8, 4) is 11.1 Å². The predicted molar refractivity (Wildman–Crippen MR) is 114 cm³/mol. The zero-order chi connectivity index (χ0) is 22.3. The van der Waals surface area contributed by atoms with Gasteiger partial charge in [-0.2, -0.15) is 0 Å². The summed E-state index contributed by atoms with van der Waals surface area (Å²) in [4.78, 5) is 36.2. The second kappa shape index (κ2) is 7.56. The molecule has 0 bridgehead atoms. The number of carbonyl (C=O) groups excluding carboxylic acids is 2. The lowest BCUT2D eigenvalue weighted by Crippen LogP contribution is -2.43. The SMILES string of the molecule is O=C(Nc1ccoc1C(=O)NC1(C(=O)O)CC1)OCC1c2ccccc2-c2ccccc21. The Morgan fingerprint density at radius 3 is 2.22 bits per heavy atom. The Kier molecular flexibility index (Phi) is 4.70. The third kappa shape index (κ3) is 3.39. The molecule has 1 fully saturated rings. The van der Waals surface area contributed by atoms with Crippen LogP contribution in [-0.2, 0) is 9.53 Å². The minimum atomic E-state index is -1.26. The van der Waals surface area contributed by atoms with Crippen LogP contribution in [0, 0.1) is 0 Å². The minimum Gasteiger partial charge on any atom is -0.480 e. The average Bonchev–Trinajstić information content (AvgIpc) is 3.31. The highest BCUT2D eigenvalue weighted by Gasteiger charge is 2.52. The molecule has 8 nitrogen and oxygen atoms in total. The molecule has 2 aliphatic carbocycles. The fourth-order valence-electron chi connectivity index (χ4n) is 4.12. The molecular weight excluding hydrogens is 412 g/mol. The summed E-state index contributed by atoms with van der Waals surface area (Å²) in [5.74, 6) is -2.07. The first kappa shape index (κ1) is 19.9. The maximum absolute atomic E-state index is 12.5. The van der Waals surface area contributed by atoms with E-state index in [1.54, 1.807) is 0 Å². The molecule has 8 heteroatoms. The van der Waals surface area contributed by atoms with Gasteiger partial charge in [-0.25, -0.2) is 9.59 Å². The van der Waals surface area contributed by atoms with Gasteiger partial charge in [-0.3, -0.25) is 10.1 Å². The van der Waals surface area contributed by atoms with E-state index in [-0.39, 0.29) is 24.0 Å². The van der Waals surface area contributed by atoms with Gasteiger partial charge in [0.05, 0.1) is 12.0 Å². The first-order valence-electron chi connectivity index (χ1n) is 10.2. The van der Waals surface area contributed by atoms with Crippen LogP contribution in [-0.4, -0.2) is 35.2 Å². The predicted octanol–water partition coefficient (Wildman–Crippen LogP) is 3.99. The van der Waals surface area contributed by atoms with Crippen LogP contribution >= 0.6 is 0 Å². The summed E-state index contributed by atoms with van der Waals surface area (Å²) in [6, 6.07) is 17.4. The third-order valence-electron chi connectivity index (χ3n) is 5.96. The quantitative estimate of drug-likeness (QED) is 0.542. The second-order valence-electron chi connectivity index (χ2n) is 7.96. The van der Waals surface area contributed by atoms with Crippen molar-refractivity contribution in [3.63, 3.8) is 0 Å². The molecule has 0 spiro atoms. The van der Waals surface area contributed by atoms with Crippen molar-refractivity contribution < 1.29 is 28.6 Å². The van der Waals surface area contributed by atoms with Gasteiger partial charge in [-0.1, -0.05) is 48.5 Å². The van der Waals surface area contributed by atoms with Crippen LogP contribution in [0.1, 0.15) is 40.4 Å². The van der Waals surface area contributed by atoms with Crippen molar-refractivity contribution >= 4 is 23.7 Å². The molecule has 0 radical (unpaired) electrons. The van der Waals surface area contributed by atoms with Crippen molar-refractivity contribution in [3.05, 3.63) is 77.7 Å². The molecular formula is C24H20N2O6. The van der Waals surface area contributed by atoms with Gasteiger partial charge < -0.3 is 19.6 Å². The number of nitrogens with one attached hydrogen (secondary N) is 2. The number of benzene rings is 2. The number of hydrogen-bond donors (Lipinski definition) is 3. The number of rotatable bonds is 6. The summed E-state index contributed by atoms with van der Waals surface area (Å²) in [5.41, 5.74) is 3.28. The summed E-state index contributed by atoms with van der Waals surface area (Å²) in [5, 5.41) is 14.2. The lowest BCUT2D eigenvalue weighted by Gasteiger charge is -2.15. The van der Waals surface area contributed by atoms with E-state index in [2.05, 4.69) is 10.6 Å². The minimum absolute atomic E-state index is 0.0921. The number of furan rings is 1. The van der Waals surface area contributed by atoms with E-state index in [9.17, 15) is 19.5 Å². The van der Waals surface area contributed by atoms with E-state index >= 15 is 0 Å². The van der Waals surface area contributed by atoms with Crippen molar-refractivity contribution in [1.29, 1.82) is 0 Å². The Balaban J connectivity index is 1.26. The van der Waals surface area contributed by atoms with Crippen LogP contribution < -0.4 is 10.6 Å². The molecule has 3 N–H and O–H groups in total.